The molecule has 2 rings (SSSR count). The molecule has 2 aromatic rings. The van der Waals surface area contributed by atoms with Crippen LogP contribution in [0.15, 0.2) is 47.6 Å². The van der Waals surface area contributed by atoms with Crippen LogP contribution < -0.4 is 11.1 Å². The lowest BCUT2D eigenvalue weighted by atomic mass is 10.2. The molecule has 0 saturated carbocycles. The van der Waals surface area contributed by atoms with Crippen molar-refractivity contribution in [1.29, 1.82) is 0 Å². The van der Waals surface area contributed by atoms with Gasteiger partial charge in [0, 0.05) is 18.4 Å². The Hall–Kier alpha value is -2.07. The van der Waals surface area contributed by atoms with Gasteiger partial charge in [0.05, 0.1) is 0 Å². The number of aromatic nitrogens is 1. The second kappa shape index (κ2) is 6.91. The van der Waals surface area contributed by atoms with E-state index in [2.05, 4.69) is 15.3 Å². The summed E-state index contributed by atoms with van der Waals surface area (Å²) in [5.41, 5.74) is 9.06. The minimum Gasteiger partial charge on any atom is -0.370 e. The summed E-state index contributed by atoms with van der Waals surface area (Å²) in [7, 11) is 0. The van der Waals surface area contributed by atoms with E-state index in [-0.39, 0.29) is 0 Å². The summed E-state index contributed by atoms with van der Waals surface area (Å²) in [5, 5.41) is 3.55. The molecule has 1 heterocycles. The monoisotopic (exact) mass is 288 g/mol. The highest BCUT2D eigenvalue weighted by Crippen LogP contribution is 2.08. The maximum atomic E-state index is 5.83. The summed E-state index contributed by atoms with van der Waals surface area (Å²) < 4.78 is 0. The Labute approximate surface area is 123 Å². The maximum absolute atomic E-state index is 5.83. The Morgan fingerprint density at radius 3 is 2.65 bits per heavy atom. The Morgan fingerprint density at radius 1 is 1.25 bits per heavy atom. The number of nitrogens with zero attached hydrogens (tertiary/aromatic N) is 2. The second-order valence-electron chi connectivity index (χ2n) is 4.50. The number of rotatable bonds is 4. The lowest BCUT2D eigenvalue weighted by molar-refractivity contribution is 0.955. The molecule has 3 N–H and O–H groups in total. The molecule has 0 unspecified atom stereocenters. The molecule has 0 aliphatic carbocycles. The lowest BCUT2D eigenvalue weighted by Gasteiger charge is -2.06. The summed E-state index contributed by atoms with van der Waals surface area (Å²) in [6.45, 7) is 2.65. The van der Waals surface area contributed by atoms with Crippen molar-refractivity contribution in [2.45, 2.75) is 13.3 Å². The molecule has 20 heavy (non-hydrogen) atoms. The predicted octanol–water partition coefficient (Wildman–Crippen LogP) is 3.01. The number of guanidine groups is 1. The van der Waals surface area contributed by atoms with E-state index in [1.807, 2.05) is 37.3 Å². The zero-order valence-electron chi connectivity index (χ0n) is 11.3. The number of nitrogens with one attached hydrogen (secondary N) is 1. The van der Waals surface area contributed by atoms with Gasteiger partial charge in [-0.25, -0.2) is 4.98 Å². The van der Waals surface area contributed by atoms with Gasteiger partial charge in [0.1, 0.15) is 5.15 Å². The Kier molecular flexibility index (Phi) is 4.96. The topological polar surface area (TPSA) is 63.3 Å². The van der Waals surface area contributed by atoms with Crippen LogP contribution in [0.4, 0.5) is 5.69 Å². The van der Waals surface area contributed by atoms with Gasteiger partial charge in [0.2, 0.25) is 0 Å². The molecular weight excluding hydrogens is 272 g/mol. The summed E-state index contributed by atoms with van der Waals surface area (Å²) in [6, 6.07) is 11.7. The second-order valence-corrected chi connectivity index (χ2v) is 4.88. The first kappa shape index (κ1) is 14.3. The van der Waals surface area contributed by atoms with Crippen molar-refractivity contribution in [3.63, 3.8) is 0 Å². The highest BCUT2D eigenvalue weighted by atomic mass is 35.5. The van der Waals surface area contributed by atoms with Gasteiger partial charge in [-0.3, -0.25) is 4.99 Å². The van der Waals surface area contributed by atoms with E-state index >= 15 is 0 Å². The van der Waals surface area contributed by atoms with E-state index in [4.69, 9.17) is 17.3 Å². The van der Waals surface area contributed by atoms with Gasteiger partial charge in [-0.05, 0) is 37.1 Å². The summed E-state index contributed by atoms with van der Waals surface area (Å²) in [4.78, 5) is 8.31. The van der Waals surface area contributed by atoms with Crippen molar-refractivity contribution in [2.24, 2.45) is 10.7 Å². The molecule has 0 amide bonds. The molecule has 1 aromatic carbocycles. The first-order valence-electron chi connectivity index (χ1n) is 6.37. The van der Waals surface area contributed by atoms with Crippen LogP contribution in [0.2, 0.25) is 5.15 Å². The molecule has 0 aliphatic heterocycles. The molecular formula is C15H17ClN4. The maximum Gasteiger partial charge on any atom is 0.193 e. The van der Waals surface area contributed by atoms with Crippen molar-refractivity contribution in [1.82, 2.24) is 4.98 Å². The van der Waals surface area contributed by atoms with Gasteiger partial charge < -0.3 is 11.1 Å². The molecule has 0 aliphatic rings. The van der Waals surface area contributed by atoms with E-state index in [0.717, 1.165) is 17.7 Å². The number of aliphatic imine (C=N–C) groups is 1. The Bertz CT molecular complexity index is 576. The third kappa shape index (κ3) is 4.55. The number of halogens is 1. The number of anilines is 1. The Balaban J connectivity index is 1.84. The smallest absolute Gasteiger partial charge is 0.193 e. The average molecular weight is 289 g/mol. The minimum atomic E-state index is 0.413. The van der Waals surface area contributed by atoms with Crippen LogP contribution in [0.1, 0.15) is 11.1 Å². The van der Waals surface area contributed by atoms with Crippen LogP contribution in [0.5, 0.6) is 0 Å². The number of aryl methyl sites for hydroxylation is 1. The van der Waals surface area contributed by atoms with E-state index in [1.54, 1.807) is 12.3 Å². The quantitative estimate of drug-likeness (QED) is 0.516. The lowest BCUT2D eigenvalue weighted by Crippen LogP contribution is -2.23. The normalized spacial score (nSPS) is 11.4. The van der Waals surface area contributed by atoms with Gasteiger partial charge in [0.15, 0.2) is 5.96 Å². The molecule has 5 heteroatoms. The number of pyridine rings is 1. The van der Waals surface area contributed by atoms with Crippen molar-refractivity contribution >= 4 is 23.2 Å². The van der Waals surface area contributed by atoms with Crippen LogP contribution >= 0.6 is 11.6 Å². The van der Waals surface area contributed by atoms with Crippen LogP contribution in [-0.2, 0) is 6.42 Å². The fraction of sp³-hybridized carbons (Fsp3) is 0.200. The van der Waals surface area contributed by atoms with Gasteiger partial charge >= 0.3 is 0 Å². The van der Waals surface area contributed by atoms with Crippen LogP contribution in [-0.4, -0.2) is 17.5 Å². The molecule has 0 radical (unpaired) electrons. The average Bonchev–Trinajstić information content (AvgIpc) is 2.44. The molecule has 1 aromatic heterocycles. The highest BCUT2D eigenvalue weighted by molar-refractivity contribution is 6.29. The largest absolute Gasteiger partial charge is 0.370 e. The number of hydrogen-bond donors (Lipinski definition) is 2. The predicted molar refractivity (Wildman–Crippen MR) is 84.2 cm³/mol. The van der Waals surface area contributed by atoms with Gasteiger partial charge in [-0.1, -0.05) is 35.4 Å². The summed E-state index contributed by atoms with van der Waals surface area (Å²) in [5.74, 6) is 0.413. The van der Waals surface area contributed by atoms with Gasteiger partial charge in [-0.15, -0.1) is 0 Å². The van der Waals surface area contributed by atoms with Crippen LogP contribution in [0, 0.1) is 6.92 Å². The van der Waals surface area contributed by atoms with E-state index in [9.17, 15) is 0 Å². The zero-order valence-corrected chi connectivity index (χ0v) is 12.1. The third-order valence-corrected chi connectivity index (χ3v) is 3.02. The van der Waals surface area contributed by atoms with E-state index < -0.39 is 0 Å². The summed E-state index contributed by atoms with van der Waals surface area (Å²) in [6.07, 6.45) is 2.53. The molecule has 0 bridgehead atoms. The van der Waals surface area contributed by atoms with Gasteiger partial charge in [0.25, 0.3) is 0 Å². The van der Waals surface area contributed by atoms with Crippen molar-refractivity contribution < 1.29 is 0 Å². The number of nitrogens with two attached hydrogens (primary N) is 1. The molecule has 0 atom stereocenters. The molecule has 104 valence electrons. The van der Waals surface area contributed by atoms with Crippen molar-refractivity contribution in [3.8, 4) is 0 Å². The van der Waals surface area contributed by atoms with E-state index in [0.29, 0.717) is 17.7 Å². The van der Waals surface area contributed by atoms with E-state index in [1.165, 1.54) is 5.56 Å². The molecule has 4 nitrogen and oxygen atoms in total. The highest BCUT2D eigenvalue weighted by Gasteiger charge is 1.96. The van der Waals surface area contributed by atoms with Crippen LogP contribution in [0.3, 0.4) is 0 Å². The van der Waals surface area contributed by atoms with Crippen molar-refractivity contribution in [2.75, 3.05) is 11.9 Å². The first-order valence-corrected chi connectivity index (χ1v) is 6.75. The molecule has 0 fully saturated rings. The Morgan fingerprint density at radius 2 is 2.00 bits per heavy atom. The summed E-state index contributed by atoms with van der Waals surface area (Å²) >= 11 is 5.73. The molecule has 0 spiro atoms. The minimum absolute atomic E-state index is 0.413. The molecule has 0 saturated heterocycles. The van der Waals surface area contributed by atoms with Crippen molar-refractivity contribution in [3.05, 3.63) is 58.9 Å². The standard InChI is InChI=1S/C15H17ClN4/c1-11-2-5-13(6-3-11)20-15(17)18-9-8-12-4-7-14(16)19-10-12/h2-7,10H,8-9H2,1H3,(H3,17,18,20). The first-order chi connectivity index (χ1) is 9.63. The fourth-order valence-electron chi connectivity index (χ4n) is 1.68. The number of hydrogen-bond acceptors (Lipinski definition) is 2. The fourth-order valence-corrected chi connectivity index (χ4v) is 1.80. The number of benzene rings is 1. The SMILES string of the molecule is Cc1ccc(NC(N)=NCCc2ccc(Cl)nc2)cc1. The zero-order chi connectivity index (χ0) is 14.4. The van der Waals surface area contributed by atoms with Gasteiger partial charge in [-0.2, -0.15) is 0 Å². The third-order valence-electron chi connectivity index (χ3n) is 2.80. The van der Waals surface area contributed by atoms with Crippen LogP contribution in [0.25, 0.3) is 0 Å².